The van der Waals surface area contributed by atoms with Gasteiger partial charge in [-0.2, -0.15) is 0 Å². The van der Waals surface area contributed by atoms with Crippen molar-refractivity contribution in [2.24, 2.45) is 7.05 Å². The first-order valence-corrected chi connectivity index (χ1v) is 10.6. The Morgan fingerprint density at radius 3 is 2.42 bits per heavy atom. The Balaban J connectivity index is 1.47. The first kappa shape index (κ1) is 20.8. The Morgan fingerprint density at radius 1 is 0.968 bits per heavy atom. The maximum atomic E-state index is 12.7. The molecule has 0 spiro atoms. The van der Waals surface area contributed by atoms with Gasteiger partial charge in [0.15, 0.2) is 0 Å². The number of benzene rings is 3. The van der Waals surface area contributed by atoms with Crippen LogP contribution in [0, 0.1) is 6.92 Å². The summed E-state index contributed by atoms with van der Waals surface area (Å²) in [6, 6.07) is 20.2. The number of para-hydroxylation sites is 2. The van der Waals surface area contributed by atoms with Crippen molar-refractivity contribution in [2.75, 3.05) is 5.32 Å². The van der Waals surface area contributed by atoms with E-state index < -0.39 is 0 Å². The maximum absolute atomic E-state index is 12.7. The first-order chi connectivity index (χ1) is 14.9. The fourth-order valence-electron chi connectivity index (χ4n) is 3.31. The largest absolute Gasteiger partial charge is 0.345 e. The third kappa shape index (κ3) is 4.51. The number of nitrogens with one attached hydrogen (secondary N) is 2. The summed E-state index contributed by atoms with van der Waals surface area (Å²) in [5.74, 6) is 0.310. The molecular formula is C24H21BrN4O2. The Morgan fingerprint density at radius 2 is 1.68 bits per heavy atom. The number of aromatic nitrogens is 2. The molecule has 6 nitrogen and oxygen atoms in total. The van der Waals surface area contributed by atoms with Crippen LogP contribution >= 0.6 is 15.9 Å². The van der Waals surface area contributed by atoms with Crippen molar-refractivity contribution in [3.8, 4) is 0 Å². The predicted octanol–water partition coefficient (Wildman–Crippen LogP) is 4.83. The molecule has 2 amide bonds. The zero-order valence-electron chi connectivity index (χ0n) is 17.1. The number of imidazole rings is 1. The summed E-state index contributed by atoms with van der Waals surface area (Å²) < 4.78 is 2.87. The molecule has 4 rings (SSSR count). The zero-order chi connectivity index (χ0) is 22.0. The summed E-state index contributed by atoms with van der Waals surface area (Å²) in [4.78, 5) is 29.9. The molecule has 3 aromatic carbocycles. The average molecular weight is 477 g/mol. The molecule has 0 aliphatic carbocycles. The lowest BCUT2D eigenvalue weighted by molar-refractivity contribution is 0.0948. The number of hydrogen-bond donors (Lipinski definition) is 2. The number of fused-ring (bicyclic) bond motifs is 1. The second-order valence-corrected chi connectivity index (χ2v) is 8.16. The topological polar surface area (TPSA) is 76.0 Å². The van der Waals surface area contributed by atoms with Crippen LogP contribution in [0.4, 0.5) is 5.69 Å². The molecule has 0 aliphatic heterocycles. The van der Waals surface area contributed by atoms with E-state index in [1.54, 1.807) is 24.3 Å². The van der Waals surface area contributed by atoms with E-state index in [0.717, 1.165) is 26.9 Å². The lowest BCUT2D eigenvalue weighted by Gasteiger charge is -2.11. The van der Waals surface area contributed by atoms with Gasteiger partial charge < -0.3 is 15.2 Å². The van der Waals surface area contributed by atoms with Crippen molar-refractivity contribution < 1.29 is 9.59 Å². The minimum atomic E-state index is -0.230. The highest BCUT2D eigenvalue weighted by atomic mass is 79.9. The molecule has 1 heterocycles. The highest BCUT2D eigenvalue weighted by molar-refractivity contribution is 9.10. The summed E-state index contributed by atoms with van der Waals surface area (Å²) in [7, 11) is 1.93. The zero-order valence-corrected chi connectivity index (χ0v) is 18.7. The number of anilines is 1. The normalized spacial score (nSPS) is 10.8. The standard InChI is InChI=1S/C24H21BrN4O2/c1-15-7-8-17(13-20(15)28-24(31)16-9-11-18(25)12-10-16)23(30)26-14-22-27-19-5-3-4-6-21(19)29(22)2/h3-13H,14H2,1-2H3,(H,26,30)(H,28,31). The Labute approximate surface area is 188 Å². The lowest BCUT2D eigenvalue weighted by atomic mass is 10.1. The van der Waals surface area contributed by atoms with Gasteiger partial charge in [0, 0.05) is 28.3 Å². The highest BCUT2D eigenvalue weighted by Crippen LogP contribution is 2.19. The van der Waals surface area contributed by atoms with Gasteiger partial charge in [0.25, 0.3) is 11.8 Å². The Hall–Kier alpha value is -3.45. The van der Waals surface area contributed by atoms with E-state index in [1.165, 1.54) is 0 Å². The van der Waals surface area contributed by atoms with Gasteiger partial charge in [-0.1, -0.05) is 34.1 Å². The minimum Gasteiger partial charge on any atom is -0.345 e. The predicted molar refractivity (Wildman–Crippen MR) is 125 cm³/mol. The van der Waals surface area contributed by atoms with Gasteiger partial charge in [-0.3, -0.25) is 9.59 Å². The second kappa shape index (κ2) is 8.73. The van der Waals surface area contributed by atoms with E-state index in [9.17, 15) is 9.59 Å². The van der Waals surface area contributed by atoms with E-state index in [1.807, 2.05) is 61.0 Å². The van der Waals surface area contributed by atoms with Crippen LogP contribution in [0.1, 0.15) is 32.1 Å². The van der Waals surface area contributed by atoms with Crippen LogP contribution in [-0.4, -0.2) is 21.4 Å². The fourth-order valence-corrected chi connectivity index (χ4v) is 3.57. The Kier molecular flexibility index (Phi) is 5.86. The number of rotatable bonds is 5. The molecule has 0 saturated heterocycles. The Bertz CT molecular complexity index is 1280. The third-order valence-corrected chi connectivity index (χ3v) is 5.67. The van der Waals surface area contributed by atoms with Crippen LogP contribution in [0.2, 0.25) is 0 Å². The fraction of sp³-hybridized carbons (Fsp3) is 0.125. The van der Waals surface area contributed by atoms with Crippen LogP contribution in [0.5, 0.6) is 0 Å². The monoisotopic (exact) mass is 476 g/mol. The van der Waals surface area contributed by atoms with Gasteiger partial charge in [0.2, 0.25) is 0 Å². The van der Waals surface area contributed by atoms with Crippen molar-refractivity contribution >= 4 is 44.5 Å². The van der Waals surface area contributed by atoms with Crippen LogP contribution in [0.25, 0.3) is 11.0 Å². The van der Waals surface area contributed by atoms with Crippen molar-refractivity contribution in [1.82, 2.24) is 14.9 Å². The van der Waals surface area contributed by atoms with Crippen molar-refractivity contribution in [3.05, 3.63) is 93.7 Å². The number of carbonyl (C=O) groups is 2. The van der Waals surface area contributed by atoms with E-state index in [-0.39, 0.29) is 11.8 Å². The molecule has 2 N–H and O–H groups in total. The van der Waals surface area contributed by atoms with Crippen LogP contribution in [0.3, 0.4) is 0 Å². The van der Waals surface area contributed by atoms with Crippen molar-refractivity contribution in [2.45, 2.75) is 13.5 Å². The SMILES string of the molecule is Cc1ccc(C(=O)NCc2nc3ccccc3n2C)cc1NC(=O)c1ccc(Br)cc1. The van der Waals surface area contributed by atoms with E-state index in [0.29, 0.717) is 23.4 Å². The van der Waals surface area contributed by atoms with Crippen LogP contribution in [0.15, 0.2) is 71.2 Å². The van der Waals surface area contributed by atoms with Crippen molar-refractivity contribution in [1.29, 1.82) is 0 Å². The van der Waals surface area contributed by atoms with E-state index in [2.05, 4.69) is 31.5 Å². The summed E-state index contributed by atoms with van der Waals surface area (Å²) >= 11 is 3.36. The molecule has 0 unspecified atom stereocenters. The number of carbonyl (C=O) groups excluding carboxylic acids is 2. The van der Waals surface area contributed by atoms with E-state index in [4.69, 9.17) is 0 Å². The van der Waals surface area contributed by atoms with Gasteiger partial charge in [-0.05, 0) is 61.0 Å². The average Bonchev–Trinajstić information content (AvgIpc) is 3.09. The smallest absolute Gasteiger partial charge is 0.255 e. The first-order valence-electron chi connectivity index (χ1n) is 9.78. The minimum absolute atomic E-state index is 0.229. The lowest BCUT2D eigenvalue weighted by Crippen LogP contribution is -2.24. The molecule has 0 bridgehead atoms. The highest BCUT2D eigenvalue weighted by Gasteiger charge is 2.13. The number of halogens is 1. The number of nitrogens with zero attached hydrogens (tertiary/aromatic N) is 2. The number of aryl methyl sites for hydroxylation is 2. The summed E-state index contributed by atoms with van der Waals surface area (Å²) in [6.07, 6.45) is 0. The molecular weight excluding hydrogens is 456 g/mol. The molecule has 4 aromatic rings. The maximum Gasteiger partial charge on any atom is 0.255 e. The third-order valence-electron chi connectivity index (χ3n) is 5.14. The number of hydrogen-bond acceptors (Lipinski definition) is 3. The summed E-state index contributed by atoms with van der Waals surface area (Å²) in [6.45, 7) is 2.19. The van der Waals surface area contributed by atoms with Gasteiger partial charge in [0.05, 0.1) is 17.6 Å². The molecule has 1 aromatic heterocycles. The van der Waals surface area contributed by atoms with Gasteiger partial charge in [0.1, 0.15) is 5.82 Å². The van der Waals surface area contributed by atoms with Gasteiger partial charge in [-0.15, -0.1) is 0 Å². The van der Waals surface area contributed by atoms with Crippen molar-refractivity contribution in [3.63, 3.8) is 0 Å². The molecule has 0 atom stereocenters. The molecule has 0 fully saturated rings. The second-order valence-electron chi connectivity index (χ2n) is 7.25. The van der Waals surface area contributed by atoms with Gasteiger partial charge in [-0.25, -0.2) is 4.98 Å². The summed E-state index contributed by atoms with van der Waals surface area (Å²) in [5.41, 5.74) is 4.39. The van der Waals surface area contributed by atoms with Crippen LogP contribution < -0.4 is 10.6 Å². The quantitative estimate of drug-likeness (QED) is 0.433. The van der Waals surface area contributed by atoms with E-state index >= 15 is 0 Å². The number of amides is 2. The summed E-state index contributed by atoms with van der Waals surface area (Å²) in [5, 5.41) is 5.81. The molecule has 7 heteroatoms. The molecule has 31 heavy (non-hydrogen) atoms. The van der Waals surface area contributed by atoms with Crippen LogP contribution in [-0.2, 0) is 13.6 Å². The molecule has 0 radical (unpaired) electrons. The molecule has 156 valence electrons. The molecule has 0 saturated carbocycles. The molecule has 0 aliphatic rings. The van der Waals surface area contributed by atoms with Gasteiger partial charge >= 0.3 is 0 Å².